The molecule has 0 spiro atoms. The van der Waals surface area contributed by atoms with Crippen molar-refractivity contribution in [3.63, 3.8) is 0 Å². The minimum absolute atomic E-state index is 0.0641. The molecule has 0 aromatic heterocycles. The average molecular weight is 246 g/mol. The maximum absolute atomic E-state index is 11.6. The number of rotatable bonds is 6. The van der Waals surface area contributed by atoms with Crippen LogP contribution in [-0.2, 0) is 9.53 Å². The average Bonchev–Trinajstić information content (AvgIpc) is 2.70. The van der Waals surface area contributed by atoms with Crippen LogP contribution in [0.2, 0.25) is 0 Å². The number of nitrogens with one attached hydrogen (secondary N) is 1. The summed E-state index contributed by atoms with van der Waals surface area (Å²) < 4.78 is 5.10. The van der Waals surface area contributed by atoms with Crippen molar-refractivity contribution in [1.82, 2.24) is 5.32 Å². The molecule has 1 saturated heterocycles. The number of ether oxygens (including phenoxy) is 1. The van der Waals surface area contributed by atoms with E-state index in [1.807, 2.05) is 11.8 Å². The van der Waals surface area contributed by atoms with Crippen LogP contribution in [0.3, 0.4) is 0 Å². The van der Waals surface area contributed by atoms with Crippen molar-refractivity contribution in [3.8, 4) is 0 Å². The predicted octanol–water partition coefficient (Wildman–Crippen LogP) is 0.752. The molecule has 0 radical (unpaired) electrons. The molecule has 0 saturated carbocycles. The van der Waals surface area contributed by atoms with E-state index in [9.17, 15) is 4.79 Å². The summed E-state index contributed by atoms with van der Waals surface area (Å²) in [6, 6.07) is -0.449. The minimum atomic E-state index is -0.449. The van der Waals surface area contributed by atoms with Crippen LogP contribution in [0, 0.1) is 0 Å². The van der Waals surface area contributed by atoms with Crippen molar-refractivity contribution in [3.05, 3.63) is 0 Å². The van der Waals surface area contributed by atoms with Gasteiger partial charge in [0.15, 0.2) is 0 Å². The first-order chi connectivity index (χ1) is 7.57. The molecule has 0 aliphatic carbocycles. The van der Waals surface area contributed by atoms with Crippen LogP contribution in [0.5, 0.6) is 0 Å². The van der Waals surface area contributed by atoms with Crippen LogP contribution in [0.1, 0.15) is 26.2 Å². The molecule has 0 aromatic carbocycles. The lowest BCUT2D eigenvalue weighted by Gasteiger charge is -2.23. The summed E-state index contributed by atoms with van der Waals surface area (Å²) in [5, 5.41) is 2.93. The van der Waals surface area contributed by atoms with E-state index in [0.717, 1.165) is 6.54 Å². The van der Waals surface area contributed by atoms with Crippen LogP contribution in [0.25, 0.3) is 0 Å². The molecule has 1 aliphatic rings. The number of hydrogen-bond acceptors (Lipinski definition) is 4. The number of methoxy groups -OCH3 is 1. The summed E-state index contributed by atoms with van der Waals surface area (Å²) in [6.07, 6.45) is 2.99. The Balaban J connectivity index is 2.23. The quantitative estimate of drug-likeness (QED) is 0.726. The lowest BCUT2D eigenvalue weighted by atomic mass is 10.1. The molecule has 2 atom stereocenters. The third-order valence-corrected chi connectivity index (χ3v) is 4.44. The van der Waals surface area contributed by atoms with Crippen LogP contribution in [0.4, 0.5) is 0 Å². The lowest BCUT2D eigenvalue weighted by molar-refractivity contribution is -0.122. The van der Waals surface area contributed by atoms with Gasteiger partial charge in [-0.2, -0.15) is 11.8 Å². The first kappa shape index (κ1) is 13.8. The second kappa shape index (κ2) is 6.47. The molecular weight excluding hydrogens is 224 g/mol. The number of carbonyl (C=O) groups excluding carboxylic acids is 1. The normalized spacial score (nSPS) is 26.7. The number of amides is 1. The number of hydrogen-bond donors (Lipinski definition) is 2. The van der Waals surface area contributed by atoms with Crippen molar-refractivity contribution >= 4 is 17.7 Å². The van der Waals surface area contributed by atoms with Crippen molar-refractivity contribution in [2.24, 2.45) is 5.73 Å². The largest absolute Gasteiger partial charge is 0.385 e. The fourth-order valence-electron chi connectivity index (χ4n) is 1.76. The van der Waals surface area contributed by atoms with Gasteiger partial charge in [0.1, 0.15) is 0 Å². The summed E-state index contributed by atoms with van der Waals surface area (Å²) in [7, 11) is 1.61. The van der Waals surface area contributed by atoms with E-state index in [4.69, 9.17) is 10.5 Å². The molecule has 0 aromatic rings. The van der Waals surface area contributed by atoms with Crippen LogP contribution in [-0.4, -0.2) is 42.7 Å². The Morgan fingerprint density at radius 1 is 1.69 bits per heavy atom. The molecule has 5 heteroatoms. The summed E-state index contributed by atoms with van der Waals surface area (Å²) >= 11 is 1.94. The Morgan fingerprint density at radius 2 is 2.44 bits per heavy atom. The summed E-state index contributed by atoms with van der Waals surface area (Å²) in [6.45, 7) is 3.45. The highest BCUT2D eigenvalue weighted by molar-refractivity contribution is 8.00. The van der Waals surface area contributed by atoms with Gasteiger partial charge in [-0.15, -0.1) is 0 Å². The number of thioether (sulfide) groups is 1. The monoisotopic (exact) mass is 246 g/mol. The van der Waals surface area contributed by atoms with Gasteiger partial charge in [-0.25, -0.2) is 0 Å². The molecule has 1 amide bonds. The van der Waals surface area contributed by atoms with E-state index in [1.165, 1.54) is 18.6 Å². The van der Waals surface area contributed by atoms with Crippen molar-refractivity contribution < 1.29 is 9.53 Å². The van der Waals surface area contributed by atoms with E-state index in [-0.39, 0.29) is 10.7 Å². The van der Waals surface area contributed by atoms with Crippen LogP contribution >= 0.6 is 11.8 Å². The van der Waals surface area contributed by atoms with Gasteiger partial charge in [0.2, 0.25) is 5.91 Å². The molecule has 4 nitrogen and oxygen atoms in total. The van der Waals surface area contributed by atoms with E-state index < -0.39 is 6.04 Å². The second-order valence-corrected chi connectivity index (χ2v) is 6.19. The SMILES string of the molecule is COCCC(N)C(=O)NCC1(C)CCCS1. The summed E-state index contributed by atoms with van der Waals surface area (Å²) in [5.74, 6) is 1.13. The minimum Gasteiger partial charge on any atom is -0.385 e. The molecule has 1 heterocycles. The zero-order valence-electron chi connectivity index (χ0n) is 10.1. The fourth-order valence-corrected chi connectivity index (χ4v) is 3.00. The number of carbonyl (C=O) groups is 1. The highest BCUT2D eigenvalue weighted by Gasteiger charge is 2.30. The first-order valence-electron chi connectivity index (χ1n) is 5.73. The molecule has 1 fully saturated rings. The van der Waals surface area contributed by atoms with Crippen molar-refractivity contribution in [1.29, 1.82) is 0 Å². The van der Waals surface area contributed by atoms with Gasteiger partial charge in [-0.1, -0.05) is 0 Å². The second-order valence-electron chi connectivity index (χ2n) is 4.51. The summed E-state index contributed by atoms with van der Waals surface area (Å²) in [5.41, 5.74) is 5.73. The van der Waals surface area contributed by atoms with Gasteiger partial charge in [0, 0.05) is 25.0 Å². The zero-order chi connectivity index (χ0) is 12.0. The smallest absolute Gasteiger partial charge is 0.237 e. The summed E-state index contributed by atoms with van der Waals surface area (Å²) in [4.78, 5) is 11.6. The first-order valence-corrected chi connectivity index (χ1v) is 6.72. The molecule has 3 N–H and O–H groups in total. The molecule has 94 valence electrons. The van der Waals surface area contributed by atoms with Gasteiger partial charge in [-0.05, 0) is 31.9 Å². The Morgan fingerprint density at radius 3 is 3.00 bits per heavy atom. The third-order valence-electron chi connectivity index (χ3n) is 2.91. The molecule has 1 aliphatic heterocycles. The van der Waals surface area contributed by atoms with E-state index >= 15 is 0 Å². The molecule has 2 unspecified atom stereocenters. The Labute approximate surface area is 102 Å². The molecule has 1 rings (SSSR count). The zero-order valence-corrected chi connectivity index (χ0v) is 10.9. The van der Waals surface area contributed by atoms with Gasteiger partial charge < -0.3 is 15.8 Å². The Hall–Kier alpha value is -0.260. The van der Waals surface area contributed by atoms with E-state index in [2.05, 4.69) is 12.2 Å². The van der Waals surface area contributed by atoms with Gasteiger partial charge in [-0.3, -0.25) is 4.79 Å². The van der Waals surface area contributed by atoms with Gasteiger partial charge in [0.25, 0.3) is 0 Å². The topological polar surface area (TPSA) is 64.3 Å². The fraction of sp³-hybridized carbons (Fsp3) is 0.909. The van der Waals surface area contributed by atoms with E-state index in [1.54, 1.807) is 7.11 Å². The lowest BCUT2D eigenvalue weighted by Crippen LogP contribution is -2.45. The van der Waals surface area contributed by atoms with Crippen molar-refractivity contribution in [2.75, 3.05) is 26.0 Å². The third kappa shape index (κ3) is 4.31. The molecule has 16 heavy (non-hydrogen) atoms. The standard InChI is InChI=1S/C11H22N2O2S/c1-11(5-3-7-16-11)8-13-10(14)9(12)4-6-15-2/h9H,3-8,12H2,1-2H3,(H,13,14). The molecule has 0 bridgehead atoms. The number of nitrogens with two attached hydrogens (primary N) is 1. The molecular formula is C11H22N2O2S. The van der Waals surface area contributed by atoms with Crippen molar-refractivity contribution in [2.45, 2.75) is 37.0 Å². The van der Waals surface area contributed by atoms with Crippen LogP contribution in [0.15, 0.2) is 0 Å². The van der Waals surface area contributed by atoms with Crippen LogP contribution < -0.4 is 11.1 Å². The van der Waals surface area contributed by atoms with E-state index in [0.29, 0.717) is 13.0 Å². The highest BCUT2D eigenvalue weighted by Crippen LogP contribution is 2.36. The maximum Gasteiger partial charge on any atom is 0.237 e. The van der Waals surface area contributed by atoms with Gasteiger partial charge in [0.05, 0.1) is 6.04 Å². The predicted molar refractivity (Wildman–Crippen MR) is 67.6 cm³/mol. The Kier molecular flexibility index (Phi) is 5.58. The highest BCUT2D eigenvalue weighted by atomic mass is 32.2. The maximum atomic E-state index is 11.6. The Bertz CT molecular complexity index is 230. The van der Waals surface area contributed by atoms with Gasteiger partial charge >= 0.3 is 0 Å².